The van der Waals surface area contributed by atoms with Gasteiger partial charge >= 0.3 is 7.82 Å². The van der Waals surface area contributed by atoms with E-state index in [0.717, 1.165) is 37.2 Å². The third-order valence-electron chi connectivity index (χ3n) is 8.37. The van der Waals surface area contributed by atoms with Gasteiger partial charge in [-0.05, 0) is 61.8 Å². The Balaban J connectivity index is 1.81. The molecule has 0 amide bonds. The summed E-state index contributed by atoms with van der Waals surface area (Å²) in [5.74, 6) is 1.63. The molecular weight excluding hydrogens is 583 g/mol. The second-order valence-electron chi connectivity index (χ2n) is 12.3. The van der Waals surface area contributed by atoms with E-state index in [9.17, 15) is 9.46 Å². The maximum absolute atomic E-state index is 13.0. The van der Waals surface area contributed by atoms with Crippen molar-refractivity contribution in [3.8, 4) is 11.5 Å². The van der Waals surface area contributed by atoms with E-state index in [1.54, 1.807) is 0 Å². The molecule has 0 aliphatic heterocycles. The molecule has 1 N–H and O–H groups in total. The highest BCUT2D eigenvalue weighted by Gasteiger charge is 2.30. The molecule has 0 radical (unpaired) electrons. The summed E-state index contributed by atoms with van der Waals surface area (Å²) in [7, 11) is -4.33. The number of hydrogen-bond donors (Lipinski definition) is 1. The van der Waals surface area contributed by atoms with Crippen LogP contribution in [0.3, 0.4) is 0 Å². The van der Waals surface area contributed by atoms with Gasteiger partial charge in [-0.15, -0.1) is 0 Å². The van der Waals surface area contributed by atoms with Gasteiger partial charge in [0.2, 0.25) is 0 Å². The Kier molecular flexibility index (Phi) is 21.3. The molecule has 0 spiro atoms. The molecule has 0 saturated carbocycles. The lowest BCUT2D eigenvalue weighted by Crippen LogP contribution is -2.24. The summed E-state index contributed by atoms with van der Waals surface area (Å²) in [5.41, 5.74) is 2.33. The number of aryl methyl sites for hydroxylation is 2. The third-order valence-corrected chi connectivity index (χ3v) is 9.50. The maximum Gasteiger partial charge on any atom is 0.472 e. The molecule has 7 heteroatoms. The number of benzene rings is 2. The molecule has 2 unspecified atom stereocenters. The fourth-order valence-electron chi connectivity index (χ4n) is 5.46. The molecule has 0 aromatic heterocycles. The van der Waals surface area contributed by atoms with Crippen LogP contribution in [0.15, 0.2) is 48.5 Å². The first-order chi connectivity index (χ1) is 21.9. The van der Waals surface area contributed by atoms with E-state index in [-0.39, 0.29) is 13.2 Å². The Morgan fingerprint density at radius 1 is 0.556 bits per heavy atom. The minimum atomic E-state index is -4.33. The lowest BCUT2D eigenvalue weighted by atomic mass is 10.0. The average molecular weight is 647 g/mol. The topological polar surface area (TPSA) is 74.2 Å². The number of para-hydroxylation sites is 2. The molecule has 0 heterocycles. The van der Waals surface area contributed by atoms with Crippen molar-refractivity contribution in [3.63, 3.8) is 0 Å². The highest BCUT2D eigenvalue weighted by molar-refractivity contribution is 7.47. The van der Waals surface area contributed by atoms with Gasteiger partial charge in [-0.2, -0.15) is 0 Å². The molecular formula is C38H63O6P. The van der Waals surface area contributed by atoms with Crippen LogP contribution in [0.4, 0.5) is 0 Å². The predicted octanol–water partition coefficient (Wildman–Crippen LogP) is 11.4. The minimum absolute atomic E-state index is 0.178. The fourth-order valence-corrected chi connectivity index (χ4v) is 6.68. The fraction of sp³-hybridized carbons (Fsp3) is 0.684. The van der Waals surface area contributed by atoms with Gasteiger partial charge in [0.15, 0.2) is 0 Å². The molecule has 0 bridgehead atoms. The Labute approximate surface area is 275 Å². The number of phosphoric acid groups is 1. The molecule has 2 rings (SSSR count). The standard InChI is InChI=1S/C38H63O6P/c1-5-9-11-13-15-17-19-25-33-27-21-23-29-37(33)41-31-35(7-3)43-45(39,40)44-36(8-4)32-42-38-30-24-22-28-34(38)26-20-18-16-14-12-10-6-2/h21-24,27-30,35-36H,5-20,25-26,31-32H2,1-4H3,(H,39,40). The maximum atomic E-state index is 13.0. The summed E-state index contributed by atoms with van der Waals surface area (Å²) < 4.78 is 36.5. The summed E-state index contributed by atoms with van der Waals surface area (Å²) in [5, 5.41) is 0. The largest absolute Gasteiger partial charge is 0.491 e. The van der Waals surface area contributed by atoms with Crippen molar-refractivity contribution in [1.29, 1.82) is 0 Å². The van der Waals surface area contributed by atoms with Gasteiger partial charge in [-0.3, -0.25) is 9.05 Å². The van der Waals surface area contributed by atoms with Crippen LogP contribution < -0.4 is 9.47 Å². The van der Waals surface area contributed by atoms with Gasteiger partial charge in [0.05, 0.1) is 0 Å². The number of ether oxygens (including phenoxy) is 2. The molecule has 0 aliphatic carbocycles. The number of rotatable bonds is 28. The highest BCUT2D eigenvalue weighted by Crippen LogP contribution is 2.47. The van der Waals surface area contributed by atoms with Crippen LogP contribution in [0.2, 0.25) is 0 Å². The third kappa shape index (κ3) is 17.6. The van der Waals surface area contributed by atoms with Crippen LogP contribution in [0, 0.1) is 0 Å². The lowest BCUT2D eigenvalue weighted by molar-refractivity contribution is 0.0353. The quantitative estimate of drug-likeness (QED) is 0.0732. The van der Waals surface area contributed by atoms with Crippen LogP contribution in [-0.2, 0) is 26.5 Å². The highest BCUT2D eigenvalue weighted by atomic mass is 31.2. The van der Waals surface area contributed by atoms with Gasteiger partial charge < -0.3 is 14.4 Å². The zero-order chi connectivity index (χ0) is 32.6. The average Bonchev–Trinajstić information content (AvgIpc) is 3.05. The van der Waals surface area contributed by atoms with Crippen molar-refractivity contribution < 1.29 is 28.0 Å². The van der Waals surface area contributed by atoms with Gasteiger partial charge in [0, 0.05) is 0 Å². The zero-order valence-corrected chi connectivity index (χ0v) is 29.7. The molecule has 45 heavy (non-hydrogen) atoms. The van der Waals surface area contributed by atoms with Crippen molar-refractivity contribution in [2.75, 3.05) is 13.2 Å². The smallest absolute Gasteiger partial charge is 0.472 e. The predicted molar refractivity (Wildman–Crippen MR) is 187 cm³/mol. The molecule has 6 nitrogen and oxygen atoms in total. The van der Waals surface area contributed by atoms with Crippen molar-refractivity contribution in [3.05, 3.63) is 59.7 Å². The van der Waals surface area contributed by atoms with Crippen LogP contribution in [-0.4, -0.2) is 30.3 Å². The van der Waals surface area contributed by atoms with Crippen molar-refractivity contribution in [2.45, 2.75) is 155 Å². The van der Waals surface area contributed by atoms with Crippen LogP contribution >= 0.6 is 7.82 Å². The van der Waals surface area contributed by atoms with Crippen molar-refractivity contribution in [2.24, 2.45) is 0 Å². The summed E-state index contributed by atoms with van der Waals surface area (Å²) in [4.78, 5) is 10.7. The van der Waals surface area contributed by atoms with E-state index in [2.05, 4.69) is 26.0 Å². The zero-order valence-electron chi connectivity index (χ0n) is 28.9. The summed E-state index contributed by atoms with van der Waals surface area (Å²) in [6.07, 6.45) is 19.5. The normalized spacial score (nSPS) is 14.2. The van der Waals surface area contributed by atoms with Gasteiger partial charge in [0.25, 0.3) is 0 Å². The summed E-state index contributed by atoms with van der Waals surface area (Å²) in [6.45, 7) is 8.68. The lowest BCUT2D eigenvalue weighted by Gasteiger charge is -2.24. The van der Waals surface area contributed by atoms with E-state index in [1.807, 2.05) is 50.2 Å². The monoisotopic (exact) mass is 646 g/mol. The molecule has 256 valence electrons. The van der Waals surface area contributed by atoms with E-state index in [4.69, 9.17) is 18.5 Å². The Bertz CT molecular complexity index is 981. The molecule has 2 atom stereocenters. The van der Waals surface area contributed by atoms with Crippen molar-refractivity contribution >= 4 is 7.82 Å². The van der Waals surface area contributed by atoms with Gasteiger partial charge in [0.1, 0.15) is 36.9 Å². The van der Waals surface area contributed by atoms with Gasteiger partial charge in [-0.25, -0.2) is 4.57 Å². The SMILES string of the molecule is CCCCCCCCCc1ccccc1OCC(CC)OP(=O)(O)OC(CC)COc1ccccc1CCCCCCCCC. The summed E-state index contributed by atoms with van der Waals surface area (Å²) >= 11 is 0. The van der Waals surface area contributed by atoms with E-state index in [1.165, 1.54) is 88.2 Å². The molecule has 0 saturated heterocycles. The second-order valence-corrected chi connectivity index (χ2v) is 13.7. The molecule has 2 aromatic carbocycles. The number of hydrogen-bond acceptors (Lipinski definition) is 5. The molecule has 2 aromatic rings. The van der Waals surface area contributed by atoms with E-state index < -0.39 is 20.0 Å². The minimum Gasteiger partial charge on any atom is -0.491 e. The van der Waals surface area contributed by atoms with Gasteiger partial charge in [-0.1, -0.05) is 141 Å². The molecule has 0 fully saturated rings. The number of unbranched alkanes of at least 4 members (excludes halogenated alkanes) is 12. The first-order valence-corrected chi connectivity index (χ1v) is 19.5. The van der Waals surface area contributed by atoms with Crippen molar-refractivity contribution in [1.82, 2.24) is 0 Å². The Morgan fingerprint density at radius 2 is 0.911 bits per heavy atom. The van der Waals surface area contributed by atoms with E-state index >= 15 is 0 Å². The first kappa shape index (κ1) is 39.3. The Morgan fingerprint density at radius 3 is 1.29 bits per heavy atom. The van der Waals surface area contributed by atoms with Crippen LogP contribution in [0.25, 0.3) is 0 Å². The first-order valence-electron chi connectivity index (χ1n) is 18.0. The van der Waals surface area contributed by atoms with Crippen LogP contribution in [0.5, 0.6) is 11.5 Å². The van der Waals surface area contributed by atoms with Crippen LogP contribution in [0.1, 0.15) is 142 Å². The second kappa shape index (κ2) is 24.3. The Hall–Kier alpha value is -1.85. The van der Waals surface area contributed by atoms with E-state index in [0.29, 0.717) is 12.8 Å². The molecule has 0 aliphatic rings. The number of phosphoric ester groups is 1. The summed E-state index contributed by atoms with van der Waals surface area (Å²) in [6, 6.07) is 16.1.